The first kappa shape index (κ1) is 14.9. The fourth-order valence-corrected chi connectivity index (χ4v) is 4.03. The highest BCUT2D eigenvalue weighted by Crippen LogP contribution is 2.32. The summed E-state index contributed by atoms with van der Waals surface area (Å²) < 4.78 is 0.717. The zero-order chi connectivity index (χ0) is 14.0. The molecule has 0 bridgehead atoms. The summed E-state index contributed by atoms with van der Waals surface area (Å²) in [5.41, 5.74) is 1.18. The van der Waals surface area contributed by atoms with E-state index in [4.69, 9.17) is 16.6 Å². The van der Waals surface area contributed by atoms with E-state index in [1.807, 2.05) is 0 Å². The number of nitrogens with zero attached hydrogens (tertiary/aromatic N) is 2. The van der Waals surface area contributed by atoms with E-state index in [-0.39, 0.29) is 6.04 Å². The van der Waals surface area contributed by atoms with Gasteiger partial charge >= 0.3 is 0 Å². The van der Waals surface area contributed by atoms with Crippen LogP contribution in [-0.4, -0.2) is 16.0 Å². The summed E-state index contributed by atoms with van der Waals surface area (Å²) in [4.78, 5) is 10.4. The Kier molecular flexibility index (Phi) is 4.95. The quantitative estimate of drug-likeness (QED) is 0.898. The fraction of sp³-hybridized carbons (Fsp3) is 0.538. The third-order valence-electron chi connectivity index (χ3n) is 2.73. The van der Waals surface area contributed by atoms with Gasteiger partial charge in [0.1, 0.15) is 20.4 Å². The summed E-state index contributed by atoms with van der Waals surface area (Å²) in [5.74, 6) is 0. The molecule has 0 aliphatic carbocycles. The van der Waals surface area contributed by atoms with Crippen LogP contribution in [0.4, 0.5) is 0 Å². The number of rotatable bonds is 5. The van der Waals surface area contributed by atoms with Crippen LogP contribution in [0.5, 0.6) is 0 Å². The minimum Gasteiger partial charge on any atom is -0.300 e. The van der Waals surface area contributed by atoms with E-state index in [0.29, 0.717) is 6.04 Å². The monoisotopic (exact) mass is 315 g/mol. The first-order valence-corrected chi connectivity index (χ1v) is 8.35. The number of hydrogen-bond donors (Lipinski definition) is 1. The van der Waals surface area contributed by atoms with Crippen molar-refractivity contribution >= 4 is 34.3 Å². The highest BCUT2D eigenvalue weighted by atomic mass is 35.5. The molecule has 0 saturated heterocycles. The molecule has 6 heteroatoms. The van der Waals surface area contributed by atoms with Crippen molar-refractivity contribution in [2.24, 2.45) is 0 Å². The maximum Gasteiger partial charge on any atom is 0.118 e. The maximum atomic E-state index is 6.00. The Hall–Kier alpha value is -0.490. The molecule has 0 aliphatic heterocycles. The molecule has 0 radical (unpaired) electrons. The van der Waals surface area contributed by atoms with Crippen LogP contribution in [0.3, 0.4) is 0 Å². The van der Waals surface area contributed by atoms with Crippen molar-refractivity contribution < 1.29 is 0 Å². The van der Waals surface area contributed by atoms with Gasteiger partial charge in [0.2, 0.25) is 0 Å². The lowest BCUT2D eigenvalue weighted by Crippen LogP contribution is -2.28. The standard InChI is InChI=1S/C13H18ClN3S2/c1-5-9-8(4)18-13(17-9)11(16-7(2)3)12-15-6-10(14)19-12/h6-7,11,16H,5H2,1-4H3. The molecule has 2 aromatic heterocycles. The SMILES string of the molecule is CCc1nc(C(NC(C)C)c2ncc(Cl)s2)sc1C. The topological polar surface area (TPSA) is 37.8 Å². The Bertz CT molecular complexity index is 548. The van der Waals surface area contributed by atoms with Gasteiger partial charge in [0.25, 0.3) is 0 Å². The van der Waals surface area contributed by atoms with E-state index in [0.717, 1.165) is 20.8 Å². The van der Waals surface area contributed by atoms with Crippen molar-refractivity contribution in [2.45, 2.75) is 46.2 Å². The van der Waals surface area contributed by atoms with Gasteiger partial charge < -0.3 is 5.32 Å². The lowest BCUT2D eigenvalue weighted by Gasteiger charge is -2.16. The minimum atomic E-state index is 0.0431. The van der Waals surface area contributed by atoms with Crippen molar-refractivity contribution in [1.82, 2.24) is 15.3 Å². The van der Waals surface area contributed by atoms with Gasteiger partial charge in [0.15, 0.2) is 0 Å². The second-order valence-corrected chi connectivity index (χ2v) is 7.59. The second-order valence-electron chi connectivity index (χ2n) is 4.67. The Morgan fingerprint density at radius 1 is 1.32 bits per heavy atom. The summed E-state index contributed by atoms with van der Waals surface area (Å²) in [5, 5.41) is 5.59. The molecule has 1 unspecified atom stereocenters. The van der Waals surface area contributed by atoms with Crippen molar-refractivity contribution in [3.63, 3.8) is 0 Å². The molecule has 19 heavy (non-hydrogen) atoms. The van der Waals surface area contributed by atoms with E-state index in [1.54, 1.807) is 17.5 Å². The van der Waals surface area contributed by atoms with Gasteiger partial charge in [-0.1, -0.05) is 18.5 Å². The van der Waals surface area contributed by atoms with Crippen molar-refractivity contribution in [3.05, 3.63) is 31.1 Å². The molecule has 0 saturated carbocycles. The average Bonchev–Trinajstić information content (AvgIpc) is 2.92. The summed E-state index contributed by atoms with van der Waals surface area (Å²) >= 11 is 9.26. The van der Waals surface area contributed by atoms with Crippen LogP contribution in [0.15, 0.2) is 6.20 Å². The van der Waals surface area contributed by atoms with Crippen LogP contribution < -0.4 is 5.32 Å². The first-order chi connectivity index (χ1) is 9.01. The van der Waals surface area contributed by atoms with Gasteiger partial charge in [0, 0.05) is 10.9 Å². The largest absolute Gasteiger partial charge is 0.300 e. The lowest BCUT2D eigenvalue weighted by atomic mass is 10.2. The minimum absolute atomic E-state index is 0.0431. The number of hydrogen-bond acceptors (Lipinski definition) is 5. The molecule has 2 heterocycles. The Morgan fingerprint density at radius 3 is 2.53 bits per heavy atom. The van der Waals surface area contributed by atoms with E-state index in [2.05, 4.69) is 38.0 Å². The van der Waals surface area contributed by atoms with E-state index in [1.165, 1.54) is 21.9 Å². The molecular weight excluding hydrogens is 298 g/mol. The first-order valence-electron chi connectivity index (χ1n) is 6.34. The van der Waals surface area contributed by atoms with Crippen molar-refractivity contribution in [3.8, 4) is 0 Å². The second kappa shape index (κ2) is 6.31. The number of aryl methyl sites for hydroxylation is 2. The van der Waals surface area contributed by atoms with Crippen LogP contribution in [-0.2, 0) is 6.42 Å². The van der Waals surface area contributed by atoms with E-state index >= 15 is 0 Å². The molecule has 2 aromatic rings. The number of aromatic nitrogens is 2. The third-order valence-corrected chi connectivity index (χ3v) is 4.99. The molecule has 0 amide bonds. The lowest BCUT2D eigenvalue weighted by molar-refractivity contribution is 0.524. The van der Waals surface area contributed by atoms with Gasteiger partial charge in [-0.3, -0.25) is 0 Å². The molecule has 3 nitrogen and oxygen atoms in total. The van der Waals surface area contributed by atoms with E-state index < -0.39 is 0 Å². The Morgan fingerprint density at radius 2 is 2.05 bits per heavy atom. The summed E-state index contributed by atoms with van der Waals surface area (Å²) in [6, 6.07) is 0.406. The molecule has 104 valence electrons. The zero-order valence-electron chi connectivity index (χ0n) is 11.5. The van der Waals surface area contributed by atoms with Crippen LogP contribution in [0.1, 0.15) is 47.4 Å². The van der Waals surface area contributed by atoms with Gasteiger partial charge in [0.05, 0.1) is 11.9 Å². The Labute approximate surface area is 127 Å². The summed E-state index contributed by atoms with van der Waals surface area (Å²) in [6.45, 7) is 8.52. The van der Waals surface area contributed by atoms with Crippen LogP contribution in [0.2, 0.25) is 4.34 Å². The predicted octanol–water partition coefficient (Wildman–Crippen LogP) is 4.21. The average molecular weight is 316 g/mol. The normalized spacial score (nSPS) is 13.2. The number of nitrogens with one attached hydrogen (secondary N) is 1. The molecule has 0 fully saturated rings. The molecule has 0 spiro atoms. The van der Waals surface area contributed by atoms with E-state index in [9.17, 15) is 0 Å². The van der Waals surface area contributed by atoms with Gasteiger partial charge in [-0.05, 0) is 27.2 Å². The van der Waals surface area contributed by atoms with Crippen LogP contribution in [0.25, 0.3) is 0 Å². The van der Waals surface area contributed by atoms with Crippen molar-refractivity contribution in [2.75, 3.05) is 0 Å². The zero-order valence-corrected chi connectivity index (χ0v) is 13.9. The molecule has 2 rings (SSSR count). The summed E-state index contributed by atoms with van der Waals surface area (Å²) in [7, 11) is 0. The highest BCUT2D eigenvalue weighted by Gasteiger charge is 2.22. The van der Waals surface area contributed by atoms with Crippen LogP contribution in [0, 0.1) is 6.92 Å². The number of halogens is 1. The van der Waals surface area contributed by atoms with Gasteiger partial charge in [-0.15, -0.1) is 22.7 Å². The number of thiazole rings is 2. The van der Waals surface area contributed by atoms with Crippen LogP contribution >= 0.6 is 34.3 Å². The molecular formula is C13H18ClN3S2. The predicted molar refractivity (Wildman–Crippen MR) is 83.5 cm³/mol. The summed E-state index contributed by atoms with van der Waals surface area (Å²) in [6.07, 6.45) is 2.67. The Balaban J connectivity index is 2.36. The maximum absolute atomic E-state index is 6.00. The third kappa shape index (κ3) is 3.54. The molecule has 1 atom stereocenters. The molecule has 0 aromatic carbocycles. The fourth-order valence-electron chi connectivity index (χ4n) is 1.88. The smallest absolute Gasteiger partial charge is 0.118 e. The van der Waals surface area contributed by atoms with Gasteiger partial charge in [-0.2, -0.15) is 0 Å². The van der Waals surface area contributed by atoms with Crippen molar-refractivity contribution in [1.29, 1.82) is 0 Å². The molecule has 1 N–H and O–H groups in total. The highest BCUT2D eigenvalue weighted by molar-refractivity contribution is 7.16. The van der Waals surface area contributed by atoms with Gasteiger partial charge in [-0.25, -0.2) is 9.97 Å². The molecule has 0 aliphatic rings.